The Morgan fingerprint density at radius 1 is 1.59 bits per heavy atom. The van der Waals surface area contributed by atoms with Crippen LogP contribution < -0.4 is 0 Å². The molecule has 0 amide bonds. The summed E-state index contributed by atoms with van der Waals surface area (Å²) in [5.41, 5.74) is 0.197. The van der Waals surface area contributed by atoms with Gasteiger partial charge in [-0.3, -0.25) is 10.1 Å². The summed E-state index contributed by atoms with van der Waals surface area (Å²) in [6.45, 7) is 1.61. The van der Waals surface area contributed by atoms with Crippen molar-refractivity contribution in [2.24, 2.45) is 5.16 Å². The fourth-order valence-electron chi connectivity index (χ4n) is 0.956. The van der Waals surface area contributed by atoms with Gasteiger partial charge >= 0.3 is 5.97 Å². The second-order valence-electron chi connectivity index (χ2n) is 3.01. The number of nitro benzene ring substituents is 1. The first-order valence-electron chi connectivity index (χ1n) is 4.72. The number of oxime groups is 1. The maximum absolute atomic E-state index is 10.8. The van der Waals surface area contributed by atoms with Crippen LogP contribution in [0.15, 0.2) is 29.4 Å². The van der Waals surface area contributed by atoms with Crippen molar-refractivity contribution in [1.29, 1.82) is 0 Å². The van der Waals surface area contributed by atoms with Gasteiger partial charge in [-0.1, -0.05) is 35.8 Å². The van der Waals surface area contributed by atoms with Gasteiger partial charge < -0.3 is 4.84 Å². The Bertz CT molecular complexity index is 473. The first-order chi connectivity index (χ1) is 8.04. The molecular formula is C10H9ClN2O4. The standard InChI is InChI=1S/C10H9ClN2O4/c1-2-9(14)17-12-10(11)7-4-3-5-8(6-7)13(15)16/h3-6H,2H2,1H3/b12-10+. The maximum Gasteiger partial charge on any atom is 0.334 e. The molecule has 0 fully saturated rings. The number of carbonyl (C=O) groups excluding carboxylic acids is 1. The Balaban J connectivity index is 2.88. The van der Waals surface area contributed by atoms with E-state index in [1.54, 1.807) is 6.92 Å². The van der Waals surface area contributed by atoms with Gasteiger partial charge in [0.2, 0.25) is 0 Å². The van der Waals surface area contributed by atoms with E-state index in [1.165, 1.54) is 24.3 Å². The third-order valence-electron chi connectivity index (χ3n) is 1.81. The molecule has 0 bridgehead atoms. The molecule has 0 unspecified atom stereocenters. The molecule has 1 aromatic rings. The largest absolute Gasteiger partial charge is 0.334 e. The van der Waals surface area contributed by atoms with Crippen LogP contribution in [0.1, 0.15) is 18.9 Å². The van der Waals surface area contributed by atoms with Crippen molar-refractivity contribution in [2.75, 3.05) is 0 Å². The Morgan fingerprint density at radius 2 is 2.29 bits per heavy atom. The van der Waals surface area contributed by atoms with Gasteiger partial charge in [0.25, 0.3) is 5.69 Å². The monoisotopic (exact) mass is 256 g/mol. The van der Waals surface area contributed by atoms with Gasteiger partial charge in [-0.25, -0.2) is 4.79 Å². The zero-order valence-electron chi connectivity index (χ0n) is 8.92. The van der Waals surface area contributed by atoms with Crippen LogP contribution >= 0.6 is 11.6 Å². The van der Waals surface area contributed by atoms with E-state index in [0.717, 1.165) is 0 Å². The van der Waals surface area contributed by atoms with Crippen LogP contribution in [0.2, 0.25) is 0 Å². The Morgan fingerprint density at radius 3 is 2.88 bits per heavy atom. The number of hydrogen-bond donors (Lipinski definition) is 0. The van der Waals surface area contributed by atoms with Gasteiger partial charge in [0.15, 0.2) is 5.17 Å². The number of nitro groups is 1. The highest BCUT2D eigenvalue weighted by molar-refractivity contribution is 6.69. The molecule has 6 nitrogen and oxygen atoms in total. The molecule has 0 N–H and O–H groups in total. The fourth-order valence-corrected chi connectivity index (χ4v) is 1.11. The van der Waals surface area contributed by atoms with Crippen LogP contribution in [0.3, 0.4) is 0 Å². The van der Waals surface area contributed by atoms with Crippen molar-refractivity contribution in [3.05, 3.63) is 39.9 Å². The van der Waals surface area contributed by atoms with E-state index in [9.17, 15) is 14.9 Å². The number of rotatable bonds is 4. The molecule has 17 heavy (non-hydrogen) atoms. The van der Waals surface area contributed by atoms with E-state index in [-0.39, 0.29) is 17.3 Å². The SMILES string of the molecule is CCC(=O)O/N=C(/Cl)c1cccc([N+](=O)[O-])c1. The second kappa shape index (κ2) is 5.95. The smallest absolute Gasteiger partial charge is 0.317 e. The first kappa shape index (κ1) is 13.1. The normalized spacial score (nSPS) is 11.1. The van der Waals surface area contributed by atoms with E-state index in [4.69, 9.17) is 11.6 Å². The molecule has 0 heterocycles. The number of benzene rings is 1. The summed E-state index contributed by atoms with van der Waals surface area (Å²) < 4.78 is 0. The van der Waals surface area contributed by atoms with Gasteiger partial charge in [0.05, 0.1) is 4.92 Å². The minimum absolute atomic E-state index is 0.113. The van der Waals surface area contributed by atoms with Crippen molar-refractivity contribution < 1.29 is 14.6 Å². The predicted molar refractivity (Wildman–Crippen MR) is 61.9 cm³/mol. The molecule has 90 valence electrons. The molecule has 0 aromatic heterocycles. The van der Waals surface area contributed by atoms with Crippen molar-refractivity contribution in [3.8, 4) is 0 Å². The van der Waals surface area contributed by atoms with Crippen LogP contribution in [0.4, 0.5) is 5.69 Å². The molecule has 0 saturated carbocycles. The summed E-state index contributed by atoms with van der Waals surface area (Å²) in [6, 6.07) is 5.56. The van der Waals surface area contributed by atoms with Crippen LogP contribution in [0.5, 0.6) is 0 Å². The molecule has 0 saturated heterocycles. The Hall–Kier alpha value is -1.95. The van der Waals surface area contributed by atoms with Crippen molar-refractivity contribution in [2.45, 2.75) is 13.3 Å². The van der Waals surface area contributed by atoms with E-state index in [0.29, 0.717) is 5.56 Å². The number of halogens is 1. The van der Waals surface area contributed by atoms with Gasteiger partial charge in [0.1, 0.15) is 0 Å². The Labute approximate surface area is 102 Å². The fraction of sp³-hybridized carbons (Fsp3) is 0.200. The maximum atomic E-state index is 10.8. The zero-order valence-corrected chi connectivity index (χ0v) is 9.68. The quantitative estimate of drug-likeness (QED) is 0.359. The van der Waals surface area contributed by atoms with Crippen LogP contribution in [-0.4, -0.2) is 16.1 Å². The van der Waals surface area contributed by atoms with Gasteiger partial charge in [-0.2, -0.15) is 0 Å². The van der Waals surface area contributed by atoms with E-state index < -0.39 is 10.9 Å². The second-order valence-corrected chi connectivity index (χ2v) is 3.36. The summed E-state index contributed by atoms with van der Waals surface area (Å²) >= 11 is 5.73. The molecule has 1 aromatic carbocycles. The molecular weight excluding hydrogens is 248 g/mol. The zero-order chi connectivity index (χ0) is 12.8. The van der Waals surface area contributed by atoms with Crippen LogP contribution in [0.25, 0.3) is 0 Å². The average molecular weight is 257 g/mol. The number of carbonyl (C=O) groups is 1. The number of non-ortho nitro benzene ring substituents is 1. The number of nitrogens with zero attached hydrogens (tertiary/aromatic N) is 2. The molecule has 0 aliphatic heterocycles. The van der Waals surface area contributed by atoms with Crippen molar-refractivity contribution in [3.63, 3.8) is 0 Å². The topological polar surface area (TPSA) is 81.8 Å². The minimum atomic E-state index is -0.550. The lowest BCUT2D eigenvalue weighted by Gasteiger charge is -1.98. The number of hydrogen-bond acceptors (Lipinski definition) is 5. The van der Waals surface area contributed by atoms with Gasteiger partial charge in [0, 0.05) is 24.1 Å². The minimum Gasteiger partial charge on any atom is -0.317 e. The Kier molecular flexibility index (Phi) is 4.59. The molecule has 0 aliphatic carbocycles. The molecule has 7 heteroatoms. The highest BCUT2D eigenvalue weighted by atomic mass is 35.5. The summed E-state index contributed by atoms with van der Waals surface area (Å²) in [4.78, 5) is 25.3. The summed E-state index contributed by atoms with van der Waals surface area (Å²) in [6.07, 6.45) is 0.169. The van der Waals surface area contributed by atoms with E-state index in [1.807, 2.05) is 0 Å². The molecule has 0 spiro atoms. The third-order valence-corrected chi connectivity index (χ3v) is 2.10. The molecule has 1 rings (SSSR count). The van der Waals surface area contributed by atoms with Gasteiger partial charge in [-0.05, 0) is 0 Å². The van der Waals surface area contributed by atoms with Gasteiger partial charge in [-0.15, -0.1) is 0 Å². The van der Waals surface area contributed by atoms with E-state index >= 15 is 0 Å². The van der Waals surface area contributed by atoms with Crippen molar-refractivity contribution in [1.82, 2.24) is 0 Å². The van der Waals surface area contributed by atoms with Crippen LogP contribution in [0, 0.1) is 10.1 Å². The lowest BCUT2D eigenvalue weighted by atomic mass is 10.2. The molecule has 0 radical (unpaired) electrons. The highest BCUT2D eigenvalue weighted by Gasteiger charge is 2.09. The lowest BCUT2D eigenvalue weighted by molar-refractivity contribution is -0.384. The first-order valence-corrected chi connectivity index (χ1v) is 5.10. The highest BCUT2D eigenvalue weighted by Crippen LogP contribution is 2.15. The summed E-state index contributed by atoms with van der Waals surface area (Å²) in [7, 11) is 0. The molecule has 0 atom stereocenters. The lowest BCUT2D eigenvalue weighted by Crippen LogP contribution is -2.00. The van der Waals surface area contributed by atoms with Crippen molar-refractivity contribution >= 4 is 28.4 Å². The van der Waals surface area contributed by atoms with E-state index in [2.05, 4.69) is 9.99 Å². The summed E-state index contributed by atoms with van der Waals surface area (Å²) in [5.74, 6) is -0.534. The molecule has 0 aliphatic rings. The summed E-state index contributed by atoms with van der Waals surface area (Å²) in [5, 5.41) is 13.8. The average Bonchev–Trinajstić information content (AvgIpc) is 2.35. The predicted octanol–water partition coefficient (Wildman–Crippen LogP) is 2.45. The van der Waals surface area contributed by atoms with Crippen LogP contribution in [-0.2, 0) is 9.63 Å². The third kappa shape index (κ3) is 3.84.